The molecule has 0 aromatic rings. The van der Waals surface area contributed by atoms with Gasteiger partial charge in [-0.2, -0.15) is 0 Å². The minimum absolute atomic E-state index is 0.0420. The summed E-state index contributed by atoms with van der Waals surface area (Å²) in [6, 6.07) is 0. The third-order valence-corrected chi connectivity index (χ3v) is 12.4. The molecule has 6 nitrogen and oxygen atoms in total. The topological polar surface area (TPSA) is 82.0 Å². The molecule has 0 aromatic carbocycles. The van der Waals surface area contributed by atoms with E-state index in [1.54, 1.807) is 5.57 Å². The van der Waals surface area contributed by atoms with Crippen LogP contribution in [0.2, 0.25) is 0 Å². The molecule has 0 aliphatic heterocycles. The van der Waals surface area contributed by atoms with E-state index in [-0.39, 0.29) is 30.8 Å². The van der Waals surface area contributed by atoms with Crippen LogP contribution in [-0.4, -0.2) is 66.7 Å². The van der Waals surface area contributed by atoms with Gasteiger partial charge in [0.15, 0.2) is 0 Å². The van der Waals surface area contributed by atoms with E-state index in [0.29, 0.717) is 31.6 Å². The molecule has 0 bridgehead atoms. The maximum atomic E-state index is 12.6. The lowest BCUT2D eigenvalue weighted by Gasteiger charge is -2.58. The SMILES string of the molecule is CC[C@@H](C)CC[C@@H](C)[C@H]1CC[C@H]2[C@@H]3CC=C4C[C@@H](OC(=O)NCCN(CCO)CCO)CC[C@]4(C)[C@H]3CC[C@]12C. The number of allylic oxidation sites excluding steroid dienone is 1. The Bertz CT molecular complexity index is 857. The first-order valence-electron chi connectivity index (χ1n) is 16.7. The Morgan fingerprint density at radius 3 is 2.50 bits per heavy atom. The zero-order valence-corrected chi connectivity index (χ0v) is 26.3. The van der Waals surface area contributed by atoms with Crippen LogP contribution in [0.1, 0.15) is 105 Å². The van der Waals surface area contributed by atoms with Gasteiger partial charge in [0.25, 0.3) is 0 Å². The second-order valence-electron chi connectivity index (χ2n) is 14.5. The molecule has 0 aromatic heterocycles. The second-order valence-corrected chi connectivity index (χ2v) is 14.5. The molecule has 0 radical (unpaired) electrons. The molecule has 230 valence electrons. The number of hydrogen-bond donors (Lipinski definition) is 3. The van der Waals surface area contributed by atoms with Crippen molar-refractivity contribution in [3.8, 4) is 0 Å². The highest BCUT2D eigenvalue weighted by molar-refractivity contribution is 5.67. The van der Waals surface area contributed by atoms with Crippen molar-refractivity contribution in [2.45, 2.75) is 111 Å². The Balaban J connectivity index is 1.32. The Hall–Kier alpha value is -1.11. The molecule has 0 unspecified atom stereocenters. The van der Waals surface area contributed by atoms with Crippen LogP contribution in [0.4, 0.5) is 4.79 Å². The van der Waals surface area contributed by atoms with Crippen molar-refractivity contribution in [1.29, 1.82) is 0 Å². The van der Waals surface area contributed by atoms with Crippen LogP contribution in [0.5, 0.6) is 0 Å². The molecule has 4 aliphatic carbocycles. The largest absolute Gasteiger partial charge is 0.446 e. The van der Waals surface area contributed by atoms with E-state index in [9.17, 15) is 15.0 Å². The van der Waals surface area contributed by atoms with Gasteiger partial charge in [-0.05, 0) is 91.3 Å². The Morgan fingerprint density at radius 2 is 1.80 bits per heavy atom. The van der Waals surface area contributed by atoms with Crippen molar-refractivity contribution in [3.05, 3.63) is 11.6 Å². The summed E-state index contributed by atoms with van der Waals surface area (Å²) >= 11 is 0. The van der Waals surface area contributed by atoms with Gasteiger partial charge >= 0.3 is 6.09 Å². The molecule has 4 aliphatic rings. The Morgan fingerprint density at radius 1 is 1.05 bits per heavy atom. The zero-order valence-electron chi connectivity index (χ0n) is 26.3. The first-order valence-corrected chi connectivity index (χ1v) is 16.7. The highest BCUT2D eigenvalue weighted by Crippen LogP contribution is 2.67. The van der Waals surface area contributed by atoms with E-state index in [4.69, 9.17) is 4.74 Å². The van der Waals surface area contributed by atoms with Crippen LogP contribution in [0.15, 0.2) is 11.6 Å². The number of nitrogens with one attached hydrogen (secondary N) is 1. The summed E-state index contributed by atoms with van der Waals surface area (Å²) in [6.07, 6.45) is 16.1. The lowest BCUT2D eigenvalue weighted by Crippen LogP contribution is -2.51. The van der Waals surface area contributed by atoms with E-state index in [1.807, 2.05) is 4.90 Å². The normalized spacial score (nSPS) is 36.7. The number of rotatable bonds is 13. The number of nitrogens with zero attached hydrogens (tertiary/aromatic N) is 1. The van der Waals surface area contributed by atoms with E-state index in [1.165, 1.54) is 51.4 Å². The van der Waals surface area contributed by atoms with Gasteiger partial charge in [-0.15, -0.1) is 0 Å². The van der Waals surface area contributed by atoms with E-state index in [2.05, 4.69) is 46.0 Å². The summed E-state index contributed by atoms with van der Waals surface area (Å²) in [4.78, 5) is 14.5. The van der Waals surface area contributed by atoms with Gasteiger partial charge in [-0.25, -0.2) is 4.79 Å². The lowest BCUT2D eigenvalue weighted by atomic mass is 9.47. The van der Waals surface area contributed by atoms with Gasteiger partial charge in [-0.1, -0.05) is 65.5 Å². The average molecular weight is 561 g/mol. The quantitative estimate of drug-likeness (QED) is 0.227. The van der Waals surface area contributed by atoms with E-state index in [0.717, 1.165) is 54.8 Å². The van der Waals surface area contributed by atoms with Crippen LogP contribution in [0, 0.1) is 46.3 Å². The second kappa shape index (κ2) is 13.9. The summed E-state index contributed by atoms with van der Waals surface area (Å²) < 4.78 is 5.89. The van der Waals surface area contributed by atoms with Crippen LogP contribution in [0.3, 0.4) is 0 Å². The van der Waals surface area contributed by atoms with E-state index >= 15 is 0 Å². The van der Waals surface area contributed by atoms with Crippen molar-refractivity contribution in [2.75, 3.05) is 39.4 Å². The molecule has 4 rings (SSSR count). The van der Waals surface area contributed by atoms with Gasteiger partial charge in [0.2, 0.25) is 0 Å². The molecule has 3 N–H and O–H groups in total. The monoisotopic (exact) mass is 560 g/mol. The maximum Gasteiger partial charge on any atom is 0.407 e. The van der Waals surface area contributed by atoms with Crippen LogP contribution in [-0.2, 0) is 4.74 Å². The van der Waals surface area contributed by atoms with Gasteiger partial charge in [-0.3, -0.25) is 4.90 Å². The van der Waals surface area contributed by atoms with E-state index < -0.39 is 0 Å². The molecule has 3 saturated carbocycles. The van der Waals surface area contributed by atoms with Crippen molar-refractivity contribution in [1.82, 2.24) is 10.2 Å². The lowest BCUT2D eigenvalue weighted by molar-refractivity contribution is -0.0582. The predicted octanol–water partition coefficient (Wildman–Crippen LogP) is 6.41. The summed E-state index contributed by atoms with van der Waals surface area (Å²) in [5, 5.41) is 21.2. The summed E-state index contributed by atoms with van der Waals surface area (Å²) in [6.45, 7) is 14.6. The number of carbonyl (C=O) groups is 1. The highest BCUT2D eigenvalue weighted by atomic mass is 16.6. The number of hydrogen-bond acceptors (Lipinski definition) is 5. The predicted molar refractivity (Wildman–Crippen MR) is 162 cm³/mol. The molecule has 40 heavy (non-hydrogen) atoms. The number of amides is 1. The number of fused-ring (bicyclic) bond motifs is 5. The van der Waals surface area contributed by atoms with Crippen molar-refractivity contribution in [2.24, 2.45) is 46.3 Å². The standard InChI is InChI=1S/C34H60N2O4/c1-6-24(2)7-8-25(3)29-11-12-30-28-10-9-26-23-27(13-15-33(26,4)31(28)14-16-34(29,30)5)40-32(39)35-17-18-36(19-21-37)20-22-38/h9,24-25,27-31,37-38H,6-8,10-23H2,1-5H3,(H,35,39)/t24-,25-,27+,28+,29-,30+,31+,33+,34-/m1/s1. The first-order chi connectivity index (χ1) is 19.2. The van der Waals surface area contributed by atoms with Gasteiger partial charge < -0.3 is 20.3 Å². The van der Waals surface area contributed by atoms with Gasteiger partial charge in [0.05, 0.1) is 13.2 Å². The number of ether oxygens (including phenoxy) is 1. The fourth-order valence-corrected chi connectivity index (χ4v) is 9.78. The Labute approximate surface area is 244 Å². The summed E-state index contributed by atoms with van der Waals surface area (Å²) in [5.74, 6) is 5.06. The third-order valence-electron chi connectivity index (χ3n) is 12.4. The van der Waals surface area contributed by atoms with Crippen LogP contribution in [0.25, 0.3) is 0 Å². The molecular weight excluding hydrogens is 500 g/mol. The first kappa shape index (κ1) is 31.8. The number of carbonyl (C=O) groups excluding carboxylic acids is 1. The summed E-state index contributed by atoms with van der Waals surface area (Å²) in [5.41, 5.74) is 2.32. The third kappa shape index (κ3) is 6.75. The van der Waals surface area contributed by atoms with Gasteiger partial charge in [0.1, 0.15) is 6.10 Å². The number of aliphatic hydroxyl groups excluding tert-OH is 2. The average Bonchev–Trinajstić information content (AvgIpc) is 3.29. The minimum Gasteiger partial charge on any atom is -0.446 e. The smallest absolute Gasteiger partial charge is 0.407 e. The molecular formula is C34H60N2O4. The Kier molecular flexibility index (Phi) is 11.1. The summed E-state index contributed by atoms with van der Waals surface area (Å²) in [7, 11) is 0. The maximum absolute atomic E-state index is 12.6. The highest BCUT2D eigenvalue weighted by Gasteiger charge is 2.59. The molecule has 1 amide bonds. The minimum atomic E-state index is -0.344. The molecule has 0 spiro atoms. The molecule has 6 heteroatoms. The molecule has 3 fully saturated rings. The molecule has 0 heterocycles. The molecule has 0 saturated heterocycles. The van der Waals surface area contributed by atoms with Gasteiger partial charge in [0, 0.05) is 32.6 Å². The zero-order chi connectivity index (χ0) is 28.9. The van der Waals surface area contributed by atoms with Crippen LogP contribution < -0.4 is 5.32 Å². The van der Waals surface area contributed by atoms with Crippen LogP contribution >= 0.6 is 0 Å². The number of aliphatic hydroxyl groups is 2. The fourth-order valence-electron chi connectivity index (χ4n) is 9.78. The van der Waals surface area contributed by atoms with Crippen molar-refractivity contribution in [3.63, 3.8) is 0 Å². The molecule has 9 atom stereocenters. The fraction of sp³-hybridized carbons (Fsp3) is 0.912. The van der Waals surface area contributed by atoms with Crippen molar-refractivity contribution < 1.29 is 19.7 Å². The van der Waals surface area contributed by atoms with Crippen molar-refractivity contribution >= 4 is 6.09 Å². The number of alkyl carbamates (subject to hydrolysis) is 1.